The van der Waals surface area contributed by atoms with Crippen LogP contribution in [0.3, 0.4) is 0 Å². The van der Waals surface area contributed by atoms with Gasteiger partial charge in [0, 0.05) is 6.20 Å². The van der Waals surface area contributed by atoms with Gasteiger partial charge in [-0.05, 0) is 19.9 Å². The van der Waals surface area contributed by atoms with Gasteiger partial charge in [-0.1, -0.05) is 11.6 Å². The highest BCUT2D eigenvalue weighted by atomic mass is 35.5. The highest BCUT2D eigenvalue weighted by Crippen LogP contribution is 2.26. The molecule has 0 aromatic carbocycles. The minimum Gasteiger partial charge on any atom is -0.474 e. The first kappa shape index (κ1) is 11.7. The fourth-order valence-corrected chi connectivity index (χ4v) is 1.23. The predicted molar refractivity (Wildman–Crippen MR) is 56.7 cm³/mol. The molecule has 0 saturated heterocycles. The molecule has 0 atom stereocenters. The Morgan fingerprint density at radius 1 is 1.67 bits per heavy atom. The molecule has 0 aliphatic carbocycles. The number of pyridine rings is 1. The van der Waals surface area contributed by atoms with E-state index in [1.807, 2.05) is 19.3 Å². The van der Waals surface area contributed by atoms with Gasteiger partial charge in [0.2, 0.25) is 5.88 Å². The van der Waals surface area contributed by atoms with E-state index in [-0.39, 0.29) is 22.6 Å². The molecule has 1 aromatic heterocycles. The molecule has 0 aliphatic rings. The molecule has 0 spiro atoms. The summed E-state index contributed by atoms with van der Waals surface area (Å²) in [6, 6.07) is 1.47. The lowest BCUT2D eigenvalue weighted by Crippen LogP contribution is -2.30. The van der Waals surface area contributed by atoms with Gasteiger partial charge >= 0.3 is 0 Å². The Bertz CT molecular complexity index is 368. The molecule has 6 heteroatoms. The number of hydrogen-bond donors (Lipinski definition) is 2. The van der Waals surface area contributed by atoms with E-state index in [1.54, 1.807) is 0 Å². The summed E-state index contributed by atoms with van der Waals surface area (Å²) in [4.78, 5) is 15.2. The van der Waals surface area contributed by atoms with Gasteiger partial charge in [0.1, 0.15) is 5.02 Å². The van der Waals surface area contributed by atoms with Crippen LogP contribution in [0.5, 0.6) is 5.88 Å². The van der Waals surface area contributed by atoms with E-state index in [1.165, 1.54) is 12.3 Å². The van der Waals surface area contributed by atoms with Crippen LogP contribution >= 0.6 is 11.6 Å². The van der Waals surface area contributed by atoms with Gasteiger partial charge in [0.05, 0.1) is 11.7 Å². The average Bonchev–Trinajstić information content (AvgIpc) is 2.19. The number of halogens is 1. The maximum atomic E-state index is 11.3. The van der Waals surface area contributed by atoms with E-state index in [0.717, 1.165) is 0 Å². The molecule has 5 nitrogen and oxygen atoms in total. The average molecular weight is 230 g/mol. The lowest BCUT2D eigenvalue weighted by atomic mass is 10.2. The van der Waals surface area contributed by atoms with Gasteiger partial charge in [0.15, 0.2) is 0 Å². The zero-order valence-corrected chi connectivity index (χ0v) is 9.21. The number of amides is 1. The summed E-state index contributed by atoms with van der Waals surface area (Å²) in [6.07, 6.45) is 1.37. The van der Waals surface area contributed by atoms with Crippen molar-refractivity contribution in [3.05, 3.63) is 22.8 Å². The van der Waals surface area contributed by atoms with Crippen molar-refractivity contribution in [2.24, 2.45) is 5.84 Å². The predicted octanol–water partition coefficient (Wildman–Crippen LogP) is 1.13. The third-order valence-electron chi connectivity index (χ3n) is 1.58. The SMILES string of the molecule is CC(C)Oc1nccc(C(=O)NN)c1Cl. The lowest BCUT2D eigenvalue weighted by molar-refractivity contribution is 0.0953. The molecule has 0 fully saturated rings. The minimum absolute atomic E-state index is 0.0637. The van der Waals surface area contributed by atoms with Crippen LogP contribution < -0.4 is 16.0 Å². The summed E-state index contributed by atoms with van der Waals surface area (Å²) in [5, 5.41) is 0.161. The smallest absolute Gasteiger partial charge is 0.266 e. The second-order valence-electron chi connectivity index (χ2n) is 3.12. The molecule has 1 aromatic rings. The Kier molecular flexibility index (Phi) is 3.88. The number of nitrogens with two attached hydrogens (primary N) is 1. The fourth-order valence-electron chi connectivity index (χ4n) is 0.983. The molecule has 1 heterocycles. The third-order valence-corrected chi connectivity index (χ3v) is 1.95. The lowest BCUT2D eigenvalue weighted by Gasteiger charge is -2.11. The molecule has 15 heavy (non-hydrogen) atoms. The molecule has 82 valence electrons. The Morgan fingerprint density at radius 3 is 2.87 bits per heavy atom. The highest BCUT2D eigenvalue weighted by molar-refractivity contribution is 6.35. The highest BCUT2D eigenvalue weighted by Gasteiger charge is 2.14. The van der Waals surface area contributed by atoms with Crippen LogP contribution in [0, 0.1) is 0 Å². The summed E-state index contributed by atoms with van der Waals surface area (Å²) < 4.78 is 5.32. The van der Waals surface area contributed by atoms with Crippen molar-refractivity contribution in [3.8, 4) is 5.88 Å². The Labute approximate surface area is 92.5 Å². The molecule has 0 bridgehead atoms. The summed E-state index contributed by atoms with van der Waals surface area (Å²) in [5.41, 5.74) is 2.24. The Balaban J connectivity index is 3.05. The van der Waals surface area contributed by atoms with Crippen LogP contribution in [0.2, 0.25) is 5.02 Å². The largest absolute Gasteiger partial charge is 0.474 e. The van der Waals surface area contributed by atoms with Crippen molar-refractivity contribution in [3.63, 3.8) is 0 Å². The number of ether oxygens (including phenoxy) is 1. The number of hydrogen-bond acceptors (Lipinski definition) is 4. The number of nitrogens with one attached hydrogen (secondary N) is 1. The van der Waals surface area contributed by atoms with Gasteiger partial charge < -0.3 is 4.74 Å². The first-order valence-electron chi connectivity index (χ1n) is 4.38. The zero-order chi connectivity index (χ0) is 11.4. The molecule has 0 saturated carbocycles. The van der Waals surface area contributed by atoms with Crippen LogP contribution in [0.4, 0.5) is 0 Å². The van der Waals surface area contributed by atoms with Crippen molar-refractivity contribution >= 4 is 17.5 Å². The van der Waals surface area contributed by atoms with E-state index >= 15 is 0 Å². The number of carbonyl (C=O) groups is 1. The maximum Gasteiger partial charge on any atom is 0.266 e. The van der Waals surface area contributed by atoms with E-state index in [9.17, 15) is 4.79 Å². The van der Waals surface area contributed by atoms with Gasteiger partial charge in [-0.3, -0.25) is 10.2 Å². The Morgan fingerprint density at radius 2 is 2.33 bits per heavy atom. The normalized spacial score (nSPS) is 10.2. The van der Waals surface area contributed by atoms with Crippen molar-refractivity contribution in [1.29, 1.82) is 0 Å². The number of carbonyl (C=O) groups excluding carboxylic acids is 1. The molecule has 0 unspecified atom stereocenters. The molecule has 3 N–H and O–H groups in total. The summed E-state index contributed by atoms with van der Waals surface area (Å²) >= 11 is 5.92. The number of rotatable bonds is 3. The molecule has 1 amide bonds. The second-order valence-corrected chi connectivity index (χ2v) is 3.50. The van der Waals surface area contributed by atoms with Crippen molar-refractivity contribution in [1.82, 2.24) is 10.4 Å². The van der Waals surface area contributed by atoms with Crippen LogP contribution in [-0.4, -0.2) is 17.0 Å². The standard InChI is InChI=1S/C9H12ClN3O2/c1-5(2)15-9-7(10)6(3-4-12-9)8(14)13-11/h3-5H,11H2,1-2H3,(H,13,14). The van der Waals surface area contributed by atoms with Crippen LogP contribution in [-0.2, 0) is 0 Å². The third kappa shape index (κ3) is 2.81. The summed E-state index contributed by atoms with van der Waals surface area (Å²) in [7, 11) is 0. The van der Waals surface area contributed by atoms with Crippen LogP contribution in [0.1, 0.15) is 24.2 Å². The molecule has 0 aliphatic heterocycles. The van der Waals surface area contributed by atoms with E-state index in [2.05, 4.69) is 4.98 Å². The maximum absolute atomic E-state index is 11.3. The first-order chi connectivity index (χ1) is 7.06. The number of nitrogens with zero attached hydrogens (tertiary/aromatic N) is 1. The molecule has 1 rings (SSSR count). The first-order valence-corrected chi connectivity index (χ1v) is 4.76. The monoisotopic (exact) mass is 229 g/mol. The van der Waals surface area contributed by atoms with E-state index in [4.69, 9.17) is 22.2 Å². The minimum atomic E-state index is -0.476. The summed E-state index contributed by atoms with van der Waals surface area (Å²) in [5.74, 6) is 4.76. The van der Waals surface area contributed by atoms with Gasteiger partial charge in [0.25, 0.3) is 5.91 Å². The van der Waals surface area contributed by atoms with E-state index in [0.29, 0.717) is 0 Å². The van der Waals surface area contributed by atoms with E-state index < -0.39 is 5.91 Å². The zero-order valence-electron chi connectivity index (χ0n) is 8.45. The van der Waals surface area contributed by atoms with Crippen molar-refractivity contribution in [2.75, 3.05) is 0 Å². The van der Waals surface area contributed by atoms with Crippen molar-refractivity contribution < 1.29 is 9.53 Å². The number of hydrazine groups is 1. The van der Waals surface area contributed by atoms with Gasteiger partial charge in [-0.15, -0.1) is 0 Å². The quantitative estimate of drug-likeness (QED) is 0.463. The van der Waals surface area contributed by atoms with Gasteiger partial charge in [-0.25, -0.2) is 10.8 Å². The van der Waals surface area contributed by atoms with Crippen LogP contribution in [0.25, 0.3) is 0 Å². The Hall–Kier alpha value is -1.33. The molecular formula is C9H12ClN3O2. The van der Waals surface area contributed by atoms with Gasteiger partial charge in [-0.2, -0.15) is 0 Å². The number of aromatic nitrogens is 1. The summed E-state index contributed by atoms with van der Waals surface area (Å²) in [6.45, 7) is 3.68. The molecular weight excluding hydrogens is 218 g/mol. The van der Waals surface area contributed by atoms with Crippen LogP contribution in [0.15, 0.2) is 12.3 Å². The topological polar surface area (TPSA) is 77.2 Å². The van der Waals surface area contributed by atoms with Crippen molar-refractivity contribution in [2.45, 2.75) is 20.0 Å². The number of nitrogen functional groups attached to an aromatic ring is 1. The second kappa shape index (κ2) is 4.95. The molecule has 0 radical (unpaired) electrons. The fraction of sp³-hybridized carbons (Fsp3) is 0.333.